The lowest BCUT2D eigenvalue weighted by molar-refractivity contribution is 0.624. The molecule has 2 aromatic carbocycles. The molecule has 0 aliphatic heterocycles. The van der Waals surface area contributed by atoms with E-state index in [1.165, 1.54) is 12.1 Å². The highest BCUT2D eigenvalue weighted by molar-refractivity contribution is 9.10. The van der Waals surface area contributed by atoms with E-state index in [2.05, 4.69) is 15.9 Å². The van der Waals surface area contributed by atoms with E-state index < -0.39 is 0 Å². The van der Waals surface area contributed by atoms with Crippen LogP contribution >= 0.6 is 27.5 Å². The van der Waals surface area contributed by atoms with E-state index in [1.54, 1.807) is 12.1 Å². The van der Waals surface area contributed by atoms with Crippen molar-refractivity contribution in [1.82, 2.24) is 0 Å². The van der Waals surface area contributed by atoms with Gasteiger partial charge in [-0.2, -0.15) is 0 Å². The Bertz CT molecular complexity index is 705. The van der Waals surface area contributed by atoms with Crippen LogP contribution in [0.5, 0.6) is 0 Å². The normalized spacial score (nSPS) is 11.4. The lowest BCUT2D eigenvalue weighted by Crippen LogP contribution is -1.74. The molecule has 0 saturated carbocycles. The van der Waals surface area contributed by atoms with Crippen LogP contribution in [0, 0.1) is 5.82 Å². The van der Waals surface area contributed by atoms with E-state index in [1.807, 2.05) is 6.07 Å². The largest absolute Gasteiger partial charge is 0.455 e. The summed E-state index contributed by atoms with van der Waals surface area (Å²) in [7, 11) is 0. The molecule has 0 fully saturated rings. The number of halogens is 3. The fourth-order valence-electron chi connectivity index (χ4n) is 1.78. The molecule has 80 valence electrons. The smallest absolute Gasteiger partial charge is 0.149 e. The van der Waals surface area contributed by atoms with Crippen LogP contribution < -0.4 is 0 Å². The van der Waals surface area contributed by atoms with Crippen molar-refractivity contribution in [2.45, 2.75) is 0 Å². The van der Waals surface area contributed by atoms with Gasteiger partial charge in [-0.1, -0.05) is 11.6 Å². The van der Waals surface area contributed by atoms with Gasteiger partial charge in [-0.25, -0.2) is 4.39 Å². The molecule has 1 heterocycles. The van der Waals surface area contributed by atoms with Crippen molar-refractivity contribution in [2.24, 2.45) is 0 Å². The summed E-state index contributed by atoms with van der Waals surface area (Å²) in [4.78, 5) is 0. The van der Waals surface area contributed by atoms with Crippen LogP contribution in [0.2, 0.25) is 5.02 Å². The molecule has 0 N–H and O–H groups in total. The van der Waals surface area contributed by atoms with Crippen LogP contribution in [-0.4, -0.2) is 0 Å². The fraction of sp³-hybridized carbons (Fsp3) is 0. The van der Waals surface area contributed by atoms with Crippen LogP contribution in [0.15, 0.2) is 39.2 Å². The molecule has 0 unspecified atom stereocenters. The van der Waals surface area contributed by atoms with Gasteiger partial charge < -0.3 is 4.42 Å². The Balaban J connectivity index is 2.55. The van der Waals surface area contributed by atoms with Crippen molar-refractivity contribution in [3.63, 3.8) is 0 Å². The summed E-state index contributed by atoms with van der Waals surface area (Å²) in [6.45, 7) is 0. The molecule has 3 aromatic rings. The lowest BCUT2D eigenvalue weighted by atomic mass is 10.1. The van der Waals surface area contributed by atoms with Crippen molar-refractivity contribution in [2.75, 3.05) is 0 Å². The fourth-order valence-corrected chi connectivity index (χ4v) is 2.45. The first-order chi connectivity index (χ1) is 7.65. The third-order valence-corrected chi connectivity index (χ3v) is 3.28. The van der Waals surface area contributed by atoms with Gasteiger partial charge in [0.1, 0.15) is 17.0 Å². The molecular weight excluding hydrogens is 294 g/mol. The van der Waals surface area contributed by atoms with Gasteiger partial charge in [0.2, 0.25) is 0 Å². The third-order valence-electron chi connectivity index (χ3n) is 2.45. The maximum atomic E-state index is 13.3. The average Bonchev–Trinajstić information content (AvgIpc) is 2.56. The van der Waals surface area contributed by atoms with Gasteiger partial charge in [0.25, 0.3) is 0 Å². The first-order valence-electron chi connectivity index (χ1n) is 4.62. The number of fused-ring (bicyclic) bond motifs is 3. The van der Waals surface area contributed by atoms with Gasteiger partial charge in [0.05, 0.1) is 4.47 Å². The van der Waals surface area contributed by atoms with E-state index in [0.717, 1.165) is 10.8 Å². The van der Waals surface area contributed by atoms with Crippen molar-refractivity contribution in [1.29, 1.82) is 0 Å². The number of rotatable bonds is 0. The van der Waals surface area contributed by atoms with Crippen LogP contribution in [0.25, 0.3) is 21.9 Å². The molecule has 0 radical (unpaired) electrons. The zero-order valence-corrected chi connectivity index (χ0v) is 10.3. The maximum absolute atomic E-state index is 13.3. The first kappa shape index (κ1) is 10.1. The van der Waals surface area contributed by atoms with Gasteiger partial charge in [-0.15, -0.1) is 0 Å². The molecule has 0 aliphatic rings. The Hall–Kier alpha value is -1.06. The Morgan fingerprint density at radius 1 is 1.12 bits per heavy atom. The molecule has 0 spiro atoms. The molecule has 0 bridgehead atoms. The van der Waals surface area contributed by atoms with Crippen LogP contribution in [-0.2, 0) is 0 Å². The minimum absolute atomic E-state index is 0.294. The van der Waals surface area contributed by atoms with E-state index in [4.69, 9.17) is 16.0 Å². The highest BCUT2D eigenvalue weighted by Gasteiger charge is 2.11. The second kappa shape index (κ2) is 3.47. The van der Waals surface area contributed by atoms with Crippen LogP contribution in [0.4, 0.5) is 4.39 Å². The molecule has 3 rings (SSSR count). The highest BCUT2D eigenvalue weighted by atomic mass is 79.9. The predicted molar refractivity (Wildman–Crippen MR) is 66.4 cm³/mol. The van der Waals surface area contributed by atoms with Crippen LogP contribution in [0.1, 0.15) is 0 Å². The molecule has 16 heavy (non-hydrogen) atoms. The molecule has 0 saturated heterocycles. The average molecular weight is 300 g/mol. The van der Waals surface area contributed by atoms with Gasteiger partial charge in [-0.3, -0.25) is 0 Å². The van der Waals surface area contributed by atoms with Crippen molar-refractivity contribution < 1.29 is 8.81 Å². The van der Waals surface area contributed by atoms with Crippen molar-refractivity contribution in [3.05, 3.63) is 45.6 Å². The molecule has 0 amide bonds. The van der Waals surface area contributed by atoms with Crippen molar-refractivity contribution in [3.8, 4) is 0 Å². The van der Waals surface area contributed by atoms with E-state index in [-0.39, 0.29) is 5.82 Å². The zero-order chi connectivity index (χ0) is 11.3. The summed E-state index contributed by atoms with van der Waals surface area (Å²) in [5, 5.41) is 2.21. The topological polar surface area (TPSA) is 13.1 Å². The quantitative estimate of drug-likeness (QED) is 0.560. The molecule has 0 atom stereocenters. The predicted octanol–water partition coefficient (Wildman–Crippen LogP) is 5.14. The van der Waals surface area contributed by atoms with Gasteiger partial charge in [0, 0.05) is 21.9 Å². The lowest BCUT2D eigenvalue weighted by Gasteiger charge is -1.93. The molecule has 4 heteroatoms. The van der Waals surface area contributed by atoms with Gasteiger partial charge in [0.15, 0.2) is 0 Å². The molecule has 1 nitrogen and oxygen atoms in total. The van der Waals surface area contributed by atoms with Gasteiger partial charge in [-0.05, 0) is 40.2 Å². The second-order valence-corrected chi connectivity index (χ2v) is 4.80. The van der Waals surface area contributed by atoms with E-state index in [9.17, 15) is 4.39 Å². The van der Waals surface area contributed by atoms with Crippen molar-refractivity contribution >= 4 is 49.5 Å². The third kappa shape index (κ3) is 1.43. The number of furan rings is 1. The Morgan fingerprint density at radius 2 is 1.94 bits per heavy atom. The Morgan fingerprint density at radius 3 is 2.75 bits per heavy atom. The zero-order valence-electron chi connectivity index (χ0n) is 7.93. The minimum atomic E-state index is -0.294. The minimum Gasteiger partial charge on any atom is -0.455 e. The summed E-state index contributed by atoms with van der Waals surface area (Å²) in [6, 6.07) is 8.15. The van der Waals surface area contributed by atoms with E-state index in [0.29, 0.717) is 20.7 Å². The first-order valence-corrected chi connectivity index (χ1v) is 5.79. The van der Waals surface area contributed by atoms with E-state index >= 15 is 0 Å². The van der Waals surface area contributed by atoms with Crippen LogP contribution in [0.3, 0.4) is 0 Å². The Kier molecular flexibility index (Phi) is 2.19. The summed E-state index contributed by atoms with van der Waals surface area (Å²) >= 11 is 9.15. The maximum Gasteiger partial charge on any atom is 0.149 e. The molecule has 0 aliphatic carbocycles. The molecule has 1 aromatic heterocycles. The number of hydrogen-bond acceptors (Lipinski definition) is 1. The monoisotopic (exact) mass is 298 g/mol. The second-order valence-electron chi connectivity index (χ2n) is 3.51. The Labute approximate surface area is 104 Å². The SMILES string of the molecule is Fc1cc(Br)c2oc3cc(Cl)ccc3c2c1. The standard InChI is InChI=1S/C12H5BrClFO/c13-10-5-7(15)4-9-8-2-1-6(14)3-11(8)16-12(9)10/h1-5H. The van der Waals surface area contributed by atoms with Gasteiger partial charge >= 0.3 is 0 Å². The highest BCUT2D eigenvalue weighted by Crippen LogP contribution is 2.35. The summed E-state index contributed by atoms with van der Waals surface area (Å²) in [5.41, 5.74) is 1.30. The number of hydrogen-bond donors (Lipinski definition) is 0. The molecular formula is C12H5BrClFO. The summed E-state index contributed by atoms with van der Waals surface area (Å²) in [5.74, 6) is -0.294. The number of benzene rings is 2. The summed E-state index contributed by atoms with van der Waals surface area (Å²) in [6.07, 6.45) is 0. The summed E-state index contributed by atoms with van der Waals surface area (Å²) < 4.78 is 19.5.